The van der Waals surface area contributed by atoms with Crippen molar-refractivity contribution in [3.8, 4) is 0 Å². The van der Waals surface area contributed by atoms with Crippen LogP contribution in [-0.4, -0.2) is 44.2 Å². The maximum atomic E-state index is 12.2. The SMILES string of the molecule is COCCNCCNC(=O)c1cc(=O)[nH]c2ccccc12.Cl. The van der Waals surface area contributed by atoms with Gasteiger partial charge in [0.05, 0.1) is 12.2 Å². The van der Waals surface area contributed by atoms with Crippen LogP contribution in [-0.2, 0) is 4.74 Å². The fraction of sp³-hybridized carbons (Fsp3) is 0.333. The maximum Gasteiger partial charge on any atom is 0.252 e. The van der Waals surface area contributed by atoms with Gasteiger partial charge in [-0.05, 0) is 6.07 Å². The Kier molecular flexibility index (Phi) is 7.59. The number of amides is 1. The van der Waals surface area contributed by atoms with E-state index in [9.17, 15) is 9.59 Å². The van der Waals surface area contributed by atoms with Gasteiger partial charge in [-0.2, -0.15) is 0 Å². The Labute approximate surface area is 134 Å². The summed E-state index contributed by atoms with van der Waals surface area (Å²) in [5.41, 5.74) is 0.775. The van der Waals surface area contributed by atoms with Crippen LogP contribution in [0.3, 0.4) is 0 Å². The van der Waals surface area contributed by atoms with Gasteiger partial charge in [0.15, 0.2) is 0 Å². The smallest absolute Gasteiger partial charge is 0.252 e. The fourth-order valence-electron chi connectivity index (χ4n) is 2.05. The van der Waals surface area contributed by atoms with E-state index in [1.165, 1.54) is 6.07 Å². The van der Waals surface area contributed by atoms with Crippen molar-refractivity contribution < 1.29 is 9.53 Å². The number of fused-ring (bicyclic) bond motifs is 1. The third kappa shape index (κ3) is 4.84. The molecule has 1 amide bonds. The number of nitrogens with one attached hydrogen (secondary N) is 3. The number of hydrogen-bond acceptors (Lipinski definition) is 4. The van der Waals surface area contributed by atoms with Gasteiger partial charge < -0.3 is 20.4 Å². The number of carbonyl (C=O) groups is 1. The average molecular weight is 326 g/mol. The summed E-state index contributed by atoms with van der Waals surface area (Å²) in [4.78, 5) is 26.5. The molecule has 0 unspecified atom stereocenters. The minimum Gasteiger partial charge on any atom is -0.383 e. The van der Waals surface area contributed by atoms with Gasteiger partial charge in [-0.1, -0.05) is 18.2 Å². The molecule has 0 radical (unpaired) electrons. The summed E-state index contributed by atoms with van der Waals surface area (Å²) in [6.45, 7) is 2.51. The third-order valence-electron chi connectivity index (χ3n) is 3.07. The number of benzene rings is 1. The molecule has 0 aliphatic carbocycles. The molecule has 0 aliphatic heterocycles. The molecule has 7 heteroatoms. The third-order valence-corrected chi connectivity index (χ3v) is 3.07. The van der Waals surface area contributed by atoms with Gasteiger partial charge in [0.25, 0.3) is 5.91 Å². The van der Waals surface area contributed by atoms with Crippen LogP contribution in [0.2, 0.25) is 0 Å². The van der Waals surface area contributed by atoms with Crippen LogP contribution in [0.1, 0.15) is 10.4 Å². The van der Waals surface area contributed by atoms with Gasteiger partial charge in [0.2, 0.25) is 5.56 Å². The zero-order valence-electron chi connectivity index (χ0n) is 12.3. The zero-order chi connectivity index (χ0) is 15.1. The number of aromatic amines is 1. The molecular formula is C15H20ClN3O3. The van der Waals surface area contributed by atoms with E-state index < -0.39 is 0 Å². The fourth-order valence-corrected chi connectivity index (χ4v) is 2.05. The lowest BCUT2D eigenvalue weighted by Crippen LogP contribution is -2.33. The summed E-state index contributed by atoms with van der Waals surface area (Å²) in [6, 6.07) is 8.58. The largest absolute Gasteiger partial charge is 0.383 e. The van der Waals surface area contributed by atoms with Crippen LogP contribution >= 0.6 is 12.4 Å². The summed E-state index contributed by atoms with van der Waals surface area (Å²) < 4.78 is 4.91. The van der Waals surface area contributed by atoms with E-state index in [0.717, 1.165) is 11.9 Å². The van der Waals surface area contributed by atoms with E-state index in [1.54, 1.807) is 13.2 Å². The number of hydrogen-bond donors (Lipinski definition) is 3. The Morgan fingerprint density at radius 1 is 1.23 bits per heavy atom. The molecule has 1 aromatic carbocycles. The molecule has 1 heterocycles. The first-order chi connectivity index (χ1) is 10.2. The number of rotatable bonds is 7. The van der Waals surface area contributed by atoms with Crippen LogP contribution in [0.5, 0.6) is 0 Å². The average Bonchev–Trinajstić information content (AvgIpc) is 2.49. The van der Waals surface area contributed by atoms with E-state index in [-0.39, 0.29) is 23.9 Å². The predicted molar refractivity (Wildman–Crippen MR) is 88.9 cm³/mol. The Morgan fingerprint density at radius 3 is 2.77 bits per heavy atom. The van der Waals surface area contributed by atoms with Crippen molar-refractivity contribution in [3.05, 3.63) is 46.2 Å². The summed E-state index contributed by atoms with van der Waals surface area (Å²) in [6.07, 6.45) is 0. The summed E-state index contributed by atoms with van der Waals surface area (Å²) in [7, 11) is 1.64. The van der Waals surface area contributed by atoms with Gasteiger partial charge in [-0.3, -0.25) is 9.59 Å². The van der Waals surface area contributed by atoms with Gasteiger partial charge in [0, 0.05) is 43.7 Å². The maximum absolute atomic E-state index is 12.2. The topological polar surface area (TPSA) is 83.2 Å². The molecule has 0 bridgehead atoms. The number of ether oxygens (including phenoxy) is 1. The standard InChI is InChI=1S/C15H19N3O3.ClH/c1-21-9-8-16-6-7-17-15(20)12-10-14(19)18-13-5-3-2-4-11(12)13;/h2-5,10,16H,6-9H2,1H3,(H,17,20)(H,18,19);1H. The lowest BCUT2D eigenvalue weighted by Gasteiger charge is -2.08. The van der Waals surface area contributed by atoms with Crippen molar-refractivity contribution >= 4 is 29.2 Å². The number of methoxy groups -OCH3 is 1. The Hall–Kier alpha value is -1.89. The molecular weight excluding hydrogens is 306 g/mol. The van der Waals surface area contributed by atoms with Crippen LogP contribution in [0.15, 0.2) is 35.1 Å². The van der Waals surface area contributed by atoms with Gasteiger partial charge >= 0.3 is 0 Å². The minimum atomic E-state index is -0.280. The Balaban J connectivity index is 0.00000242. The molecule has 0 aliphatic rings. The number of halogens is 1. The molecule has 2 aromatic rings. The van der Waals surface area contributed by atoms with E-state index >= 15 is 0 Å². The first kappa shape index (κ1) is 18.2. The van der Waals surface area contributed by atoms with Gasteiger partial charge in [0.1, 0.15) is 0 Å². The number of aromatic nitrogens is 1. The molecule has 0 spiro atoms. The van der Waals surface area contributed by atoms with Crippen molar-refractivity contribution in [2.24, 2.45) is 0 Å². The van der Waals surface area contributed by atoms with Crippen molar-refractivity contribution in [1.82, 2.24) is 15.6 Å². The highest BCUT2D eigenvalue weighted by Crippen LogP contribution is 2.14. The van der Waals surface area contributed by atoms with Crippen molar-refractivity contribution in [2.75, 3.05) is 33.4 Å². The van der Waals surface area contributed by atoms with Gasteiger partial charge in [-0.15, -0.1) is 12.4 Å². The summed E-state index contributed by atoms with van der Waals surface area (Å²) >= 11 is 0. The molecule has 1 aromatic heterocycles. The number of carbonyl (C=O) groups excluding carboxylic acids is 1. The second-order valence-electron chi connectivity index (χ2n) is 4.59. The Morgan fingerprint density at radius 2 is 2.00 bits per heavy atom. The highest BCUT2D eigenvalue weighted by molar-refractivity contribution is 6.05. The molecule has 0 saturated carbocycles. The van der Waals surface area contributed by atoms with E-state index in [2.05, 4.69) is 15.6 Å². The van der Waals surface area contributed by atoms with Crippen LogP contribution < -0.4 is 16.2 Å². The number of para-hydroxylation sites is 1. The summed E-state index contributed by atoms with van der Waals surface area (Å²) in [5.74, 6) is -0.245. The number of H-pyrrole nitrogens is 1. The van der Waals surface area contributed by atoms with Gasteiger partial charge in [-0.25, -0.2) is 0 Å². The molecule has 3 N–H and O–H groups in total. The first-order valence-corrected chi connectivity index (χ1v) is 6.82. The molecule has 0 fully saturated rings. The second-order valence-corrected chi connectivity index (χ2v) is 4.59. The molecule has 6 nitrogen and oxygen atoms in total. The molecule has 22 heavy (non-hydrogen) atoms. The zero-order valence-corrected chi connectivity index (χ0v) is 13.2. The summed E-state index contributed by atoms with van der Waals surface area (Å²) in [5, 5.41) is 6.67. The monoisotopic (exact) mass is 325 g/mol. The number of pyridine rings is 1. The van der Waals surface area contributed by atoms with Crippen molar-refractivity contribution in [1.29, 1.82) is 0 Å². The molecule has 120 valence electrons. The normalized spacial score (nSPS) is 10.2. The van der Waals surface area contributed by atoms with Crippen LogP contribution in [0.25, 0.3) is 10.9 Å². The van der Waals surface area contributed by atoms with E-state index in [4.69, 9.17) is 4.74 Å². The highest BCUT2D eigenvalue weighted by atomic mass is 35.5. The quantitative estimate of drug-likeness (QED) is 0.661. The first-order valence-electron chi connectivity index (χ1n) is 6.82. The van der Waals surface area contributed by atoms with Crippen molar-refractivity contribution in [2.45, 2.75) is 0 Å². The lowest BCUT2D eigenvalue weighted by atomic mass is 10.1. The van der Waals surface area contributed by atoms with Crippen LogP contribution in [0, 0.1) is 0 Å². The minimum absolute atomic E-state index is 0. The molecule has 0 saturated heterocycles. The predicted octanol–water partition coefficient (Wildman–Crippen LogP) is 0.916. The second kappa shape index (κ2) is 9.19. The van der Waals surface area contributed by atoms with E-state index in [0.29, 0.717) is 30.8 Å². The molecule has 0 atom stereocenters. The lowest BCUT2D eigenvalue weighted by molar-refractivity contribution is 0.0955. The van der Waals surface area contributed by atoms with E-state index in [1.807, 2.05) is 18.2 Å². The van der Waals surface area contributed by atoms with Crippen LogP contribution in [0.4, 0.5) is 0 Å². The molecule has 2 rings (SSSR count). The Bertz CT molecular complexity index is 672. The van der Waals surface area contributed by atoms with Crippen molar-refractivity contribution in [3.63, 3.8) is 0 Å². The highest BCUT2D eigenvalue weighted by Gasteiger charge is 2.10.